The van der Waals surface area contributed by atoms with Crippen LogP contribution in [0.25, 0.3) is 0 Å². The van der Waals surface area contributed by atoms with Crippen LogP contribution in [0.1, 0.15) is 181 Å². The van der Waals surface area contributed by atoms with Crippen molar-refractivity contribution in [1.82, 2.24) is 24.5 Å². The van der Waals surface area contributed by atoms with E-state index in [9.17, 15) is 47.9 Å². The SMILES string of the molecule is CC(=O)N(C(C)=O)C(C)(C)C.CC(=O)N(C)C(=O)C(C)(C)C.CCC(=O)N(CC)C(=O)C(C)(C)C.CN(C(=O)C1CCCC1)C(=O)C(C)(C)C.CN(C(=O)c1ccccc1)C(=O)C(C)(C)C. The number of amides is 10. The van der Waals surface area contributed by atoms with Crippen LogP contribution in [0, 0.1) is 27.6 Å². The van der Waals surface area contributed by atoms with Gasteiger partial charge in [0.15, 0.2) is 0 Å². The third-order valence-electron chi connectivity index (χ3n) is 9.78. The fraction of sp³-hybridized carbons (Fsp3) is 0.686. The highest BCUT2D eigenvalue weighted by atomic mass is 16.2. The number of benzene rings is 1. The van der Waals surface area contributed by atoms with Crippen LogP contribution in [0.15, 0.2) is 30.3 Å². The lowest BCUT2D eigenvalue weighted by atomic mass is 9.94. The van der Waals surface area contributed by atoms with Crippen molar-refractivity contribution in [1.29, 1.82) is 0 Å². The van der Waals surface area contributed by atoms with E-state index in [2.05, 4.69) is 0 Å². The molecule has 2 rings (SSSR count). The second-order valence-electron chi connectivity index (χ2n) is 21.4. The van der Waals surface area contributed by atoms with Gasteiger partial charge in [-0.1, -0.05) is 121 Å². The van der Waals surface area contributed by atoms with E-state index >= 15 is 0 Å². The smallest absolute Gasteiger partial charge is 0.260 e. The van der Waals surface area contributed by atoms with Crippen LogP contribution in [0.3, 0.4) is 0 Å². The number of imide groups is 5. The monoisotopic (exact) mass is 930 g/mol. The zero-order valence-electron chi connectivity index (χ0n) is 45.0. The first-order valence-corrected chi connectivity index (χ1v) is 22.7. The molecule has 1 saturated carbocycles. The highest BCUT2D eigenvalue weighted by Gasteiger charge is 2.34. The Kier molecular flexibility index (Phi) is 27.2. The van der Waals surface area contributed by atoms with Gasteiger partial charge >= 0.3 is 0 Å². The van der Waals surface area contributed by atoms with Gasteiger partial charge in [0.2, 0.25) is 53.2 Å². The summed E-state index contributed by atoms with van der Waals surface area (Å²) in [7, 11) is 4.62. The second-order valence-corrected chi connectivity index (χ2v) is 21.4. The van der Waals surface area contributed by atoms with E-state index in [1.54, 1.807) is 79.8 Å². The molecular formula is C51H87N5O10. The Labute approximate surface area is 397 Å². The summed E-state index contributed by atoms with van der Waals surface area (Å²) in [6.07, 6.45) is 4.51. The van der Waals surface area contributed by atoms with E-state index in [1.807, 2.05) is 75.3 Å². The molecule has 0 unspecified atom stereocenters. The molecule has 10 amide bonds. The maximum atomic E-state index is 11.9. The normalized spacial score (nSPS) is 12.6. The minimum atomic E-state index is -0.542. The first kappa shape index (κ1) is 65.2. The van der Waals surface area contributed by atoms with E-state index in [1.165, 1.54) is 54.5 Å². The van der Waals surface area contributed by atoms with E-state index in [4.69, 9.17) is 0 Å². The van der Waals surface area contributed by atoms with Gasteiger partial charge in [0.25, 0.3) is 5.91 Å². The first-order valence-electron chi connectivity index (χ1n) is 22.7. The zero-order chi connectivity index (χ0) is 53.1. The van der Waals surface area contributed by atoms with Gasteiger partial charge in [-0.3, -0.25) is 72.4 Å². The predicted molar refractivity (Wildman–Crippen MR) is 260 cm³/mol. The van der Waals surface area contributed by atoms with Crippen molar-refractivity contribution in [2.45, 2.75) is 176 Å². The largest absolute Gasteiger partial charge is 0.286 e. The third kappa shape index (κ3) is 23.4. The molecule has 15 heteroatoms. The van der Waals surface area contributed by atoms with Crippen LogP contribution in [0.2, 0.25) is 0 Å². The Morgan fingerprint density at radius 2 is 0.848 bits per heavy atom. The van der Waals surface area contributed by atoms with Crippen LogP contribution in [-0.2, 0) is 43.2 Å². The van der Waals surface area contributed by atoms with Crippen molar-refractivity contribution in [2.75, 3.05) is 27.7 Å². The maximum Gasteiger partial charge on any atom is 0.260 e. The van der Waals surface area contributed by atoms with E-state index in [-0.39, 0.29) is 65.0 Å². The van der Waals surface area contributed by atoms with Crippen molar-refractivity contribution in [3.05, 3.63) is 35.9 Å². The van der Waals surface area contributed by atoms with Gasteiger partial charge in [0.1, 0.15) is 0 Å². The molecule has 0 spiro atoms. The van der Waals surface area contributed by atoms with E-state index in [0.717, 1.165) is 30.6 Å². The number of carbonyl (C=O) groups excluding carboxylic acids is 10. The lowest BCUT2D eigenvalue weighted by molar-refractivity contribution is -0.151. The summed E-state index contributed by atoms with van der Waals surface area (Å²) in [6.45, 7) is 35.4. The molecule has 0 radical (unpaired) electrons. The summed E-state index contributed by atoms with van der Waals surface area (Å²) in [4.78, 5) is 121. The Bertz CT molecular complexity index is 1800. The number of hydrogen-bond donors (Lipinski definition) is 0. The molecule has 0 aromatic heterocycles. The molecule has 376 valence electrons. The van der Waals surface area contributed by atoms with Gasteiger partial charge < -0.3 is 0 Å². The predicted octanol–water partition coefficient (Wildman–Crippen LogP) is 8.57. The average Bonchev–Trinajstić information content (AvgIpc) is 3.73. The van der Waals surface area contributed by atoms with Gasteiger partial charge in [-0.25, -0.2) is 0 Å². The van der Waals surface area contributed by atoms with Gasteiger partial charge in [-0.05, 0) is 52.7 Å². The molecular weight excluding hydrogens is 843 g/mol. The van der Waals surface area contributed by atoms with Crippen LogP contribution in [0.5, 0.6) is 0 Å². The quantitative estimate of drug-likeness (QED) is 0.283. The van der Waals surface area contributed by atoms with E-state index < -0.39 is 27.2 Å². The van der Waals surface area contributed by atoms with Crippen molar-refractivity contribution in [3.8, 4) is 0 Å². The number of nitrogens with zero attached hydrogens (tertiary/aromatic N) is 5. The average molecular weight is 930 g/mol. The van der Waals surface area contributed by atoms with Crippen LogP contribution < -0.4 is 0 Å². The lowest BCUT2D eigenvalue weighted by Gasteiger charge is -2.31. The minimum Gasteiger partial charge on any atom is -0.286 e. The minimum absolute atomic E-state index is 0.00688. The summed E-state index contributed by atoms with van der Waals surface area (Å²) in [6, 6.07) is 8.80. The van der Waals surface area contributed by atoms with E-state index in [0.29, 0.717) is 18.5 Å². The molecule has 0 N–H and O–H groups in total. The Balaban J connectivity index is -0.000000759. The number of rotatable bonds is 4. The molecule has 0 atom stereocenters. The molecule has 1 aromatic carbocycles. The molecule has 1 fully saturated rings. The topological polar surface area (TPSA) is 187 Å². The van der Waals surface area contributed by atoms with Crippen molar-refractivity contribution >= 4 is 59.1 Å². The zero-order valence-corrected chi connectivity index (χ0v) is 45.0. The Morgan fingerprint density at radius 1 is 0.500 bits per heavy atom. The summed E-state index contributed by atoms with van der Waals surface area (Å²) in [5.41, 5.74) is -1.83. The summed E-state index contributed by atoms with van der Waals surface area (Å²) in [5, 5.41) is 0. The molecule has 66 heavy (non-hydrogen) atoms. The molecule has 0 aliphatic heterocycles. The number of carbonyl (C=O) groups is 10. The molecule has 1 aliphatic rings. The van der Waals surface area contributed by atoms with Crippen LogP contribution >= 0.6 is 0 Å². The van der Waals surface area contributed by atoms with Crippen LogP contribution in [0.4, 0.5) is 0 Å². The van der Waals surface area contributed by atoms with Gasteiger partial charge in [-0.2, -0.15) is 0 Å². The highest BCUT2D eigenvalue weighted by Crippen LogP contribution is 2.28. The van der Waals surface area contributed by atoms with Crippen molar-refractivity contribution in [2.24, 2.45) is 27.6 Å². The highest BCUT2D eigenvalue weighted by molar-refractivity contribution is 6.05. The van der Waals surface area contributed by atoms with Crippen molar-refractivity contribution in [3.63, 3.8) is 0 Å². The lowest BCUT2D eigenvalue weighted by Crippen LogP contribution is -2.47. The summed E-state index contributed by atoms with van der Waals surface area (Å²) in [5.74, 6) is -1.40. The third-order valence-corrected chi connectivity index (χ3v) is 9.78. The van der Waals surface area contributed by atoms with Gasteiger partial charge in [0.05, 0.1) is 0 Å². The maximum absolute atomic E-state index is 11.9. The summed E-state index contributed by atoms with van der Waals surface area (Å²) >= 11 is 0. The molecule has 1 aliphatic carbocycles. The fourth-order valence-corrected chi connectivity index (χ4v) is 6.26. The first-order chi connectivity index (χ1) is 29.5. The molecule has 0 heterocycles. The Morgan fingerprint density at radius 3 is 1.11 bits per heavy atom. The summed E-state index contributed by atoms with van der Waals surface area (Å²) < 4.78 is 0. The molecule has 0 saturated heterocycles. The van der Waals surface area contributed by atoms with Gasteiger partial charge in [0, 0.05) is 93.6 Å². The Hall–Kier alpha value is -5.08. The van der Waals surface area contributed by atoms with Gasteiger partial charge in [-0.15, -0.1) is 0 Å². The number of hydrogen-bond acceptors (Lipinski definition) is 10. The van der Waals surface area contributed by atoms with Crippen LogP contribution in [-0.4, -0.2) is 117 Å². The molecule has 0 bridgehead atoms. The standard InChI is InChI=1S/C13H17NO2.C12H21NO2.C10H19NO2.2C8H15NO2/c1-13(2,3)12(16)14(4)11(15)10-8-6-5-7-9-10;1-12(2,3)11(15)13(4)10(14)9-7-5-6-8-9;1-6-8(12)11(7-2)9(13)10(3,4)5;1-6(10)9(5)7(11)8(2,3)4;1-6(10)9(7(2)11)8(3,4)5/h5-9H,1-4H3;9H,5-8H2,1-4H3;6-7H2,1-5H3;2*1-5H3. The second kappa shape index (κ2) is 27.5. The fourth-order valence-electron chi connectivity index (χ4n) is 6.26. The van der Waals surface area contributed by atoms with Crippen molar-refractivity contribution < 1.29 is 47.9 Å². The molecule has 15 nitrogen and oxygen atoms in total. The molecule has 1 aromatic rings.